The summed E-state index contributed by atoms with van der Waals surface area (Å²) in [5.41, 5.74) is 3.23. The molecule has 4 rings (SSSR count). The Labute approximate surface area is 140 Å². The Morgan fingerprint density at radius 2 is 2.00 bits per heavy atom. The fourth-order valence-corrected chi connectivity index (χ4v) is 3.71. The van der Waals surface area contributed by atoms with E-state index in [1.165, 1.54) is 24.1 Å². The third-order valence-electron chi connectivity index (χ3n) is 4.01. The molecule has 1 aliphatic rings. The number of rotatable bonds is 2. The first kappa shape index (κ1) is 15.3. The maximum atomic E-state index is 4.71. The molecule has 0 radical (unpaired) electrons. The van der Waals surface area contributed by atoms with Gasteiger partial charge in [0.05, 0.1) is 16.1 Å². The fraction of sp³-hybridized carbons (Fsp3) is 0.375. The maximum Gasteiger partial charge on any atom is 0.156 e. The smallest absolute Gasteiger partial charge is 0.156 e. The molecule has 0 atom stereocenters. The van der Waals surface area contributed by atoms with Gasteiger partial charge in [-0.2, -0.15) is 0 Å². The van der Waals surface area contributed by atoms with Gasteiger partial charge in [-0.3, -0.25) is 0 Å². The highest BCUT2D eigenvalue weighted by Crippen LogP contribution is 2.31. The molecule has 0 spiro atoms. The average Bonchev–Trinajstić information content (AvgIpc) is 3.16. The number of anilines is 1. The van der Waals surface area contributed by atoms with E-state index in [4.69, 9.17) is 4.98 Å². The van der Waals surface area contributed by atoms with Crippen LogP contribution in [0.3, 0.4) is 0 Å². The molecule has 0 bridgehead atoms. The zero-order valence-electron chi connectivity index (χ0n) is 12.5. The second-order valence-electron chi connectivity index (χ2n) is 5.56. The van der Waals surface area contributed by atoms with Crippen LogP contribution in [0.15, 0.2) is 23.6 Å². The Kier molecular flexibility index (Phi) is 4.36. The lowest BCUT2D eigenvalue weighted by molar-refractivity contribution is 0.574. The van der Waals surface area contributed by atoms with Crippen molar-refractivity contribution in [3.63, 3.8) is 0 Å². The number of hydrogen-bond donors (Lipinski definition) is 1. The van der Waals surface area contributed by atoms with Crippen molar-refractivity contribution in [1.29, 1.82) is 0 Å². The Balaban J connectivity index is 0.00000144. The first-order chi connectivity index (χ1) is 10.3. The minimum absolute atomic E-state index is 0. The molecule has 0 aliphatic carbocycles. The molecule has 1 N–H and O–H groups in total. The highest BCUT2D eigenvalue weighted by atomic mass is 35.5. The quantitative estimate of drug-likeness (QED) is 0.755. The molecule has 0 saturated carbocycles. The summed E-state index contributed by atoms with van der Waals surface area (Å²) >= 11 is 1.74. The number of fused-ring (bicyclic) bond motifs is 1. The predicted octanol–water partition coefficient (Wildman–Crippen LogP) is 4.41. The van der Waals surface area contributed by atoms with Crippen LogP contribution in [-0.2, 0) is 0 Å². The topological polar surface area (TPSA) is 44.8 Å². The summed E-state index contributed by atoms with van der Waals surface area (Å²) in [6.45, 7) is 4.17. The van der Waals surface area contributed by atoms with Gasteiger partial charge in [0.25, 0.3) is 0 Å². The lowest BCUT2D eigenvalue weighted by Crippen LogP contribution is -2.30. The number of aromatic amines is 1. The van der Waals surface area contributed by atoms with Gasteiger partial charge >= 0.3 is 0 Å². The van der Waals surface area contributed by atoms with Gasteiger partial charge in [-0.05, 0) is 43.7 Å². The van der Waals surface area contributed by atoms with Crippen molar-refractivity contribution in [2.75, 3.05) is 18.0 Å². The minimum atomic E-state index is 0. The monoisotopic (exact) mass is 334 g/mol. The second-order valence-corrected chi connectivity index (χ2v) is 6.51. The average molecular weight is 335 g/mol. The van der Waals surface area contributed by atoms with E-state index in [9.17, 15) is 0 Å². The second kappa shape index (κ2) is 6.26. The lowest BCUT2D eigenvalue weighted by Gasteiger charge is -2.28. The third kappa shape index (κ3) is 2.71. The molecule has 1 saturated heterocycles. The molecule has 0 amide bonds. The number of aryl methyl sites for hydroxylation is 1. The Morgan fingerprint density at radius 1 is 1.18 bits per heavy atom. The van der Waals surface area contributed by atoms with E-state index >= 15 is 0 Å². The summed E-state index contributed by atoms with van der Waals surface area (Å²) in [6.07, 6.45) is 3.83. The molecule has 4 heterocycles. The Bertz CT molecular complexity index is 760. The van der Waals surface area contributed by atoms with E-state index in [-0.39, 0.29) is 12.4 Å². The summed E-state index contributed by atoms with van der Waals surface area (Å²) in [5, 5.41) is 2.10. The van der Waals surface area contributed by atoms with Crippen molar-refractivity contribution in [2.45, 2.75) is 26.2 Å². The Hall–Kier alpha value is -1.59. The van der Waals surface area contributed by atoms with Crippen molar-refractivity contribution in [3.8, 4) is 10.6 Å². The van der Waals surface area contributed by atoms with Gasteiger partial charge in [-0.25, -0.2) is 9.97 Å². The molecule has 116 valence electrons. The van der Waals surface area contributed by atoms with Gasteiger partial charge in [0.15, 0.2) is 5.82 Å². The van der Waals surface area contributed by atoms with E-state index in [0.29, 0.717) is 0 Å². The normalized spacial score (nSPS) is 15.0. The molecular formula is C16H19ClN4S. The third-order valence-corrected chi connectivity index (χ3v) is 4.92. The van der Waals surface area contributed by atoms with Crippen molar-refractivity contribution in [3.05, 3.63) is 29.4 Å². The number of aromatic nitrogens is 3. The summed E-state index contributed by atoms with van der Waals surface area (Å²) in [4.78, 5) is 16.5. The Morgan fingerprint density at radius 3 is 2.73 bits per heavy atom. The van der Waals surface area contributed by atoms with E-state index in [0.717, 1.165) is 41.5 Å². The zero-order chi connectivity index (χ0) is 14.2. The highest BCUT2D eigenvalue weighted by molar-refractivity contribution is 7.13. The number of thiophene rings is 1. The van der Waals surface area contributed by atoms with Crippen LogP contribution in [0, 0.1) is 6.92 Å². The van der Waals surface area contributed by atoms with Gasteiger partial charge in [-0.15, -0.1) is 23.7 Å². The van der Waals surface area contributed by atoms with E-state index < -0.39 is 0 Å². The SMILES string of the molecule is Cc1nc(N2CCCCC2)c2[nH]c(-c3cccs3)cc2n1.Cl. The summed E-state index contributed by atoms with van der Waals surface area (Å²) < 4.78 is 0. The fourth-order valence-electron chi connectivity index (χ4n) is 3.01. The summed E-state index contributed by atoms with van der Waals surface area (Å²) in [7, 11) is 0. The van der Waals surface area contributed by atoms with Gasteiger partial charge in [0, 0.05) is 13.1 Å². The van der Waals surface area contributed by atoms with E-state index in [1.54, 1.807) is 11.3 Å². The summed E-state index contributed by atoms with van der Waals surface area (Å²) in [6, 6.07) is 6.35. The van der Waals surface area contributed by atoms with Crippen LogP contribution in [0.2, 0.25) is 0 Å². The molecule has 0 aromatic carbocycles. The first-order valence-corrected chi connectivity index (χ1v) is 8.35. The minimum Gasteiger partial charge on any atom is -0.355 e. The largest absolute Gasteiger partial charge is 0.355 e. The van der Waals surface area contributed by atoms with Crippen molar-refractivity contribution >= 4 is 40.6 Å². The van der Waals surface area contributed by atoms with Crippen LogP contribution in [-0.4, -0.2) is 28.0 Å². The van der Waals surface area contributed by atoms with Crippen molar-refractivity contribution in [1.82, 2.24) is 15.0 Å². The molecule has 1 aliphatic heterocycles. The number of halogens is 1. The van der Waals surface area contributed by atoms with Crippen molar-refractivity contribution < 1.29 is 0 Å². The number of nitrogens with zero attached hydrogens (tertiary/aromatic N) is 3. The van der Waals surface area contributed by atoms with Gasteiger partial charge in [-0.1, -0.05) is 6.07 Å². The molecular weight excluding hydrogens is 316 g/mol. The molecule has 22 heavy (non-hydrogen) atoms. The number of piperidine rings is 1. The molecule has 3 aromatic rings. The molecule has 1 fully saturated rings. The van der Waals surface area contributed by atoms with Crippen LogP contribution in [0.1, 0.15) is 25.1 Å². The first-order valence-electron chi connectivity index (χ1n) is 7.47. The summed E-state index contributed by atoms with van der Waals surface area (Å²) in [5.74, 6) is 1.92. The maximum absolute atomic E-state index is 4.71. The number of hydrogen-bond acceptors (Lipinski definition) is 4. The van der Waals surface area contributed by atoms with Gasteiger partial charge in [0.2, 0.25) is 0 Å². The van der Waals surface area contributed by atoms with E-state index in [1.807, 2.05) is 6.92 Å². The van der Waals surface area contributed by atoms with Gasteiger partial charge in [0.1, 0.15) is 11.3 Å². The lowest BCUT2D eigenvalue weighted by atomic mass is 10.1. The van der Waals surface area contributed by atoms with E-state index in [2.05, 4.69) is 38.4 Å². The molecule has 4 nitrogen and oxygen atoms in total. The molecule has 0 unspecified atom stereocenters. The van der Waals surface area contributed by atoms with Crippen LogP contribution < -0.4 is 4.90 Å². The zero-order valence-corrected chi connectivity index (χ0v) is 14.1. The highest BCUT2D eigenvalue weighted by Gasteiger charge is 2.18. The van der Waals surface area contributed by atoms with Crippen molar-refractivity contribution in [2.24, 2.45) is 0 Å². The van der Waals surface area contributed by atoms with Crippen LogP contribution in [0.25, 0.3) is 21.6 Å². The number of nitrogens with one attached hydrogen (secondary N) is 1. The van der Waals surface area contributed by atoms with Crippen LogP contribution in [0.5, 0.6) is 0 Å². The van der Waals surface area contributed by atoms with Crippen LogP contribution in [0.4, 0.5) is 5.82 Å². The molecule has 6 heteroatoms. The standard InChI is InChI=1S/C16H18N4S.ClH/c1-11-17-13-10-12(14-6-5-9-21-14)19-15(13)16(18-11)20-7-3-2-4-8-20;/h5-6,9-10,19H,2-4,7-8H2,1H3;1H. The predicted molar refractivity (Wildman–Crippen MR) is 95.3 cm³/mol. The van der Waals surface area contributed by atoms with Gasteiger partial charge < -0.3 is 9.88 Å². The number of H-pyrrole nitrogens is 1. The van der Waals surface area contributed by atoms with Crippen LogP contribution >= 0.6 is 23.7 Å². The molecule has 3 aromatic heterocycles.